The number of fused-ring (bicyclic) bond motifs is 1. The van der Waals surface area contributed by atoms with E-state index in [0.717, 1.165) is 23.7 Å². The molecule has 0 aromatic heterocycles. The fraction of sp³-hybridized carbons (Fsp3) is 0.318. The normalized spacial score (nSPS) is 13.1. The lowest BCUT2D eigenvalue weighted by Crippen LogP contribution is -2.24. The van der Waals surface area contributed by atoms with Gasteiger partial charge in [0.25, 0.3) is 11.8 Å². The highest BCUT2D eigenvalue weighted by molar-refractivity contribution is 6.21. The van der Waals surface area contributed by atoms with Crippen molar-refractivity contribution in [3.05, 3.63) is 47.5 Å². The van der Waals surface area contributed by atoms with Gasteiger partial charge >= 0.3 is 0 Å². The maximum absolute atomic E-state index is 12.2. The van der Waals surface area contributed by atoms with Gasteiger partial charge in [-0.25, -0.2) is 0 Å². The lowest BCUT2D eigenvalue weighted by molar-refractivity contribution is -0.115. The topological polar surface area (TPSA) is 94.4 Å². The Balaban J connectivity index is 1.93. The lowest BCUT2D eigenvalue weighted by Gasteiger charge is -2.22. The summed E-state index contributed by atoms with van der Waals surface area (Å²) in [5, 5.41) is 11.3. The molecular formula is C22H24ClN5O3. The maximum atomic E-state index is 12.2. The minimum Gasteiger partial charge on any atom is -0.372 e. The number of benzene rings is 2. The van der Waals surface area contributed by atoms with Gasteiger partial charge in [0.2, 0.25) is 5.91 Å². The first-order chi connectivity index (χ1) is 14.9. The number of anilines is 2. The van der Waals surface area contributed by atoms with E-state index >= 15 is 0 Å². The molecule has 0 fully saturated rings. The smallest absolute Gasteiger partial charge is 0.261 e. The Morgan fingerprint density at radius 1 is 1.03 bits per heavy atom. The predicted molar refractivity (Wildman–Crippen MR) is 121 cm³/mol. The van der Waals surface area contributed by atoms with Crippen molar-refractivity contribution in [1.29, 1.82) is 0 Å². The molecule has 0 spiro atoms. The molecular weight excluding hydrogens is 418 g/mol. The van der Waals surface area contributed by atoms with Crippen molar-refractivity contribution in [2.75, 3.05) is 36.2 Å². The van der Waals surface area contributed by atoms with Crippen molar-refractivity contribution in [2.45, 2.75) is 20.3 Å². The monoisotopic (exact) mass is 441 g/mol. The molecule has 0 radical (unpaired) electrons. The summed E-state index contributed by atoms with van der Waals surface area (Å²) in [5.74, 6) is -0.698. The number of hydrogen-bond donors (Lipinski definition) is 1. The van der Waals surface area contributed by atoms with Crippen molar-refractivity contribution in [1.82, 2.24) is 4.90 Å². The van der Waals surface area contributed by atoms with Gasteiger partial charge in [0.15, 0.2) is 0 Å². The molecule has 162 valence electrons. The average molecular weight is 442 g/mol. The van der Waals surface area contributed by atoms with Gasteiger partial charge in [-0.3, -0.25) is 19.3 Å². The largest absolute Gasteiger partial charge is 0.372 e. The zero-order valence-electron chi connectivity index (χ0n) is 17.7. The molecule has 0 saturated carbocycles. The molecule has 3 amide bonds. The number of carbonyl (C=O) groups excluding carboxylic acids is 3. The second-order valence-electron chi connectivity index (χ2n) is 6.96. The third-order valence-corrected chi connectivity index (χ3v) is 5.24. The molecule has 3 rings (SSSR count). The van der Waals surface area contributed by atoms with Crippen LogP contribution in [0.1, 0.15) is 41.0 Å². The molecule has 2 aromatic rings. The highest BCUT2D eigenvalue weighted by Gasteiger charge is 2.32. The number of nitrogens with zero attached hydrogens (tertiary/aromatic N) is 4. The molecule has 0 aliphatic carbocycles. The van der Waals surface area contributed by atoms with Crippen LogP contribution in [0.5, 0.6) is 0 Å². The Hall–Kier alpha value is -3.26. The average Bonchev–Trinajstić information content (AvgIpc) is 2.98. The number of azo groups is 1. The van der Waals surface area contributed by atoms with Crippen molar-refractivity contribution in [3.63, 3.8) is 0 Å². The first kappa shape index (κ1) is 22.4. The molecule has 1 N–H and O–H groups in total. The summed E-state index contributed by atoms with van der Waals surface area (Å²) >= 11 is 5.68. The number of rotatable bonds is 8. The molecule has 1 aliphatic heterocycles. The number of amides is 3. The zero-order valence-corrected chi connectivity index (χ0v) is 18.4. The van der Waals surface area contributed by atoms with Crippen molar-refractivity contribution in [2.24, 2.45) is 10.2 Å². The minimum atomic E-state index is -0.366. The van der Waals surface area contributed by atoms with Crippen LogP contribution in [0, 0.1) is 0 Å². The van der Waals surface area contributed by atoms with E-state index in [1.807, 2.05) is 12.1 Å². The number of imide groups is 1. The number of nitrogens with one attached hydrogen (secondary N) is 1. The van der Waals surface area contributed by atoms with Crippen LogP contribution in [0.2, 0.25) is 0 Å². The van der Waals surface area contributed by atoms with Gasteiger partial charge in [-0.15, -0.1) is 16.7 Å². The Labute approximate surface area is 185 Å². The zero-order chi connectivity index (χ0) is 22.5. The van der Waals surface area contributed by atoms with E-state index in [9.17, 15) is 14.4 Å². The van der Waals surface area contributed by atoms with E-state index in [4.69, 9.17) is 11.6 Å². The van der Waals surface area contributed by atoms with Gasteiger partial charge in [-0.1, -0.05) is 0 Å². The standard InChI is InChI=1S/C22H24ClN5O3/c1-4-28(5-2)15-7-9-18(19(13-15)24-20(29)10-11-23)26-25-14-6-8-16-17(12-14)22(31)27(3)21(16)30/h6-9,12-13H,4-5,10-11H2,1-3H3,(H,24,29). The SMILES string of the molecule is CCN(CC)c1ccc(N=Nc2ccc3c(c2)C(=O)N(C)C3=O)c(NC(=O)CCCl)c1. The van der Waals surface area contributed by atoms with Gasteiger partial charge in [0, 0.05) is 38.1 Å². The summed E-state index contributed by atoms with van der Waals surface area (Å²) in [6.07, 6.45) is 0.183. The van der Waals surface area contributed by atoms with Crippen molar-refractivity contribution < 1.29 is 14.4 Å². The van der Waals surface area contributed by atoms with E-state index in [-0.39, 0.29) is 30.0 Å². The molecule has 0 unspecified atom stereocenters. The Morgan fingerprint density at radius 2 is 1.74 bits per heavy atom. The number of carbonyl (C=O) groups is 3. The van der Waals surface area contributed by atoms with Crippen LogP contribution < -0.4 is 10.2 Å². The Bertz CT molecular complexity index is 1050. The van der Waals surface area contributed by atoms with E-state index in [1.165, 1.54) is 7.05 Å². The molecule has 31 heavy (non-hydrogen) atoms. The summed E-state index contributed by atoms with van der Waals surface area (Å²) in [7, 11) is 1.44. The molecule has 9 heteroatoms. The molecule has 0 bridgehead atoms. The van der Waals surface area contributed by atoms with Crippen LogP contribution >= 0.6 is 11.6 Å². The molecule has 2 aromatic carbocycles. The van der Waals surface area contributed by atoms with E-state index in [1.54, 1.807) is 24.3 Å². The van der Waals surface area contributed by atoms with Gasteiger partial charge in [-0.2, -0.15) is 5.11 Å². The summed E-state index contributed by atoms with van der Waals surface area (Å²) in [6.45, 7) is 5.76. The van der Waals surface area contributed by atoms with E-state index in [2.05, 4.69) is 34.3 Å². The number of hydrogen-bond acceptors (Lipinski definition) is 6. The van der Waals surface area contributed by atoms with Gasteiger partial charge in [-0.05, 0) is 50.2 Å². The first-order valence-corrected chi connectivity index (χ1v) is 10.6. The highest BCUT2D eigenvalue weighted by atomic mass is 35.5. The van der Waals surface area contributed by atoms with E-state index < -0.39 is 0 Å². The predicted octanol–water partition coefficient (Wildman–Crippen LogP) is 4.74. The second-order valence-corrected chi connectivity index (χ2v) is 7.34. The van der Waals surface area contributed by atoms with Gasteiger partial charge < -0.3 is 10.2 Å². The van der Waals surface area contributed by atoms with Crippen LogP contribution in [-0.2, 0) is 4.79 Å². The van der Waals surface area contributed by atoms with Crippen LogP contribution in [0.3, 0.4) is 0 Å². The number of alkyl halides is 1. The van der Waals surface area contributed by atoms with Gasteiger partial charge in [0.05, 0.1) is 22.5 Å². The second kappa shape index (κ2) is 9.70. The summed E-state index contributed by atoms with van der Waals surface area (Å²) < 4.78 is 0. The summed E-state index contributed by atoms with van der Waals surface area (Å²) in [6, 6.07) is 10.3. The quantitative estimate of drug-likeness (QED) is 0.363. The molecule has 0 atom stereocenters. The molecule has 1 aliphatic rings. The first-order valence-electron chi connectivity index (χ1n) is 10.0. The van der Waals surface area contributed by atoms with Crippen molar-refractivity contribution >= 4 is 52.1 Å². The number of halogens is 1. The minimum absolute atomic E-state index is 0.183. The van der Waals surface area contributed by atoms with Crippen LogP contribution in [0.4, 0.5) is 22.7 Å². The Kier molecular flexibility index (Phi) is 7.02. The van der Waals surface area contributed by atoms with Crippen LogP contribution in [0.15, 0.2) is 46.6 Å². The third kappa shape index (κ3) is 4.74. The fourth-order valence-electron chi connectivity index (χ4n) is 3.32. The highest BCUT2D eigenvalue weighted by Crippen LogP contribution is 2.33. The molecule has 1 heterocycles. The maximum Gasteiger partial charge on any atom is 0.261 e. The lowest BCUT2D eigenvalue weighted by atomic mass is 10.1. The van der Waals surface area contributed by atoms with E-state index in [0.29, 0.717) is 28.2 Å². The summed E-state index contributed by atoms with van der Waals surface area (Å²) in [4.78, 5) is 39.6. The van der Waals surface area contributed by atoms with Gasteiger partial charge in [0.1, 0.15) is 5.69 Å². The van der Waals surface area contributed by atoms with Crippen molar-refractivity contribution in [3.8, 4) is 0 Å². The molecule has 0 saturated heterocycles. The Morgan fingerprint density at radius 3 is 2.42 bits per heavy atom. The molecule has 8 nitrogen and oxygen atoms in total. The van der Waals surface area contributed by atoms with Crippen LogP contribution in [-0.4, -0.2) is 48.6 Å². The third-order valence-electron chi connectivity index (χ3n) is 5.05. The van der Waals surface area contributed by atoms with Crippen LogP contribution in [0.25, 0.3) is 0 Å². The fourth-order valence-corrected chi connectivity index (χ4v) is 3.49. The summed E-state index contributed by atoms with van der Waals surface area (Å²) in [5.41, 5.74) is 3.03.